The SMILES string of the molecule is CC(C)c1ccc(CC(=O)c2cc(F)ccc2Br)cc1. The summed E-state index contributed by atoms with van der Waals surface area (Å²) in [5, 5.41) is 0. The van der Waals surface area contributed by atoms with Crippen LogP contribution in [0.4, 0.5) is 4.39 Å². The van der Waals surface area contributed by atoms with Crippen molar-refractivity contribution in [1.82, 2.24) is 0 Å². The molecule has 104 valence electrons. The average molecular weight is 335 g/mol. The lowest BCUT2D eigenvalue weighted by Gasteiger charge is -2.07. The first kappa shape index (κ1) is 14.9. The number of rotatable bonds is 4. The van der Waals surface area contributed by atoms with E-state index in [1.165, 1.54) is 17.7 Å². The molecule has 0 bridgehead atoms. The average Bonchev–Trinajstić information content (AvgIpc) is 2.42. The molecule has 0 N–H and O–H groups in total. The molecule has 0 aromatic heterocycles. The van der Waals surface area contributed by atoms with E-state index in [1.807, 2.05) is 24.3 Å². The third kappa shape index (κ3) is 3.54. The summed E-state index contributed by atoms with van der Waals surface area (Å²) in [4.78, 5) is 12.2. The number of ketones is 1. The van der Waals surface area contributed by atoms with Crippen molar-refractivity contribution in [2.24, 2.45) is 0 Å². The third-order valence-electron chi connectivity index (χ3n) is 3.24. The Balaban J connectivity index is 2.17. The molecule has 2 aromatic carbocycles. The van der Waals surface area contributed by atoms with Crippen LogP contribution in [0.5, 0.6) is 0 Å². The standard InChI is InChI=1S/C17H16BrFO/c1-11(2)13-5-3-12(4-6-13)9-17(20)15-10-14(19)7-8-16(15)18/h3-8,10-11H,9H2,1-2H3. The van der Waals surface area contributed by atoms with Crippen LogP contribution in [0.25, 0.3) is 0 Å². The van der Waals surface area contributed by atoms with Gasteiger partial charge in [-0.05, 0) is 35.2 Å². The van der Waals surface area contributed by atoms with Gasteiger partial charge in [0.1, 0.15) is 5.82 Å². The smallest absolute Gasteiger partial charge is 0.168 e. The molecule has 0 saturated heterocycles. The summed E-state index contributed by atoms with van der Waals surface area (Å²) in [6, 6.07) is 12.2. The number of Topliss-reactive ketones (excluding diaryl/α,β-unsaturated/α-hetero) is 1. The van der Waals surface area contributed by atoms with Crippen LogP contribution in [-0.4, -0.2) is 5.78 Å². The Hall–Kier alpha value is -1.48. The number of halogens is 2. The zero-order valence-corrected chi connectivity index (χ0v) is 13.1. The van der Waals surface area contributed by atoms with Crippen LogP contribution in [0.2, 0.25) is 0 Å². The molecular weight excluding hydrogens is 319 g/mol. The Labute approximate surface area is 127 Å². The second kappa shape index (κ2) is 6.31. The van der Waals surface area contributed by atoms with Crippen molar-refractivity contribution in [3.63, 3.8) is 0 Å². The predicted molar refractivity (Wildman–Crippen MR) is 82.7 cm³/mol. The molecule has 2 aromatic rings. The van der Waals surface area contributed by atoms with Crippen molar-refractivity contribution in [3.05, 3.63) is 69.4 Å². The van der Waals surface area contributed by atoms with Gasteiger partial charge in [-0.15, -0.1) is 0 Å². The van der Waals surface area contributed by atoms with Gasteiger partial charge in [0.2, 0.25) is 0 Å². The van der Waals surface area contributed by atoms with E-state index in [-0.39, 0.29) is 12.2 Å². The summed E-state index contributed by atoms with van der Waals surface area (Å²) in [5.74, 6) is -0.0162. The van der Waals surface area contributed by atoms with E-state index in [9.17, 15) is 9.18 Å². The summed E-state index contributed by atoms with van der Waals surface area (Å²) in [5.41, 5.74) is 2.57. The van der Waals surface area contributed by atoms with E-state index in [2.05, 4.69) is 29.8 Å². The number of hydrogen-bond donors (Lipinski definition) is 0. The molecule has 1 nitrogen and oxygen atoms in total. The molecule has 0 aliphatic rings. The molecule has 0 radical (unpaired) electrons. The minimum Gasteiger partial charge on any atom is -0.294 e. The number of benzene rings is 2. The van der Waals surface area contributed by atoms with E-state index in [0.29, 0.717) is 16.0 Å². The van der Waals surface area contributed by atoms with E-state index in [4.69, 9.17) is 0 Å². The van der Waals surface area contributed by atoms with Gasteiger partial charge in [-0.3, -0.25) is 4.79 Å². The third-order valence-corrected chi connectivity index (χ3v) is 3.93. The van der Waals surface area contributed by atoms with Crippen molar-refractivity contribution in [1.29, 1.82) is 0 Å². The number of carbonyl (C=O) groups excluding carboxylic acids is 1. The summed E-state index contributed by atoms with van der Waals surface area (Å²) < 4.78 is 13.8. The van der Waals surface area contributed by atoms with Crippen molar-refractivity contribution in [2.45, 2.75) is 26.2 Å². The molecule has 0 spiro atoms. The maximum absolute atomic E-state index is 13.2. The second-order valence-corrected chi connectivity index (χ2v) is 5.97. The maximum Gasteiger partial charge on any atom is 0.168 e. The van der Waals surface area contributed by atoms with Crippen LogP contribution in [0, 0.1) is 5.82 Å². The van der Waals surface area contributed by atoms with Crippen molar-refractivity contribution in [3.8, 4) is 0 Å². The van der Waals surface area contributed by atoms with Crippen LogP contribution < -0.4 is 0 Å². The summed E-state index contributed by atoms with van der Waals surface area (Å²) >= 11 is 3.29. The molecular formula is C17H16BrFO. The van der Waals surface area contributed by atoms with Gasteiger partial charge in [-0.2, -0.15) is 0 Å². The van der Waals surface area contributed by atoms with Gasteiger partial charge < -0.3 is 0 Å². The number of hydrogen-bond acceptors (Lipinski definition) is 1. The zero-order chi connectivity index (χ0) is 14.7. The van der Waals surface area contributed by atoms with E-state index < -0.39 is 5.82 Å². The molecule has 0 fully saturated rings. The monoisotopic (exact) mass is 334 g/mol. The number of carbonyl (C=O) groups is 1. The summed E-state index contributed by atoms with van der Waals surface area (Å²) in [6.45, 7) is 4.26. The zero-order valence-electron chi connectivity index (χ0n) is 11.5. The van der Waals surface area contributed by atoms with Crippen LogP contribution >= 0.6 is 15.9 Å². The Kier molecular flexibility index (Phi) is 4.71. The van der Waals surface area contributed by atoms with Crippen LogP contribution in [0.1, 0.15) is 41.3 Å². The van der Waals surface area contributed by atoms with Crippen LogP contribution in [0.3, 0.4) is 0 Å². The largest absolute Gasteiger partial charge is 0.294 e. The predicted octanol–water partition coefficient (Wildman–Crippen LogP) is 5.14. The minimum atomic E-state index is -0.397. The molecule has 20 heavy (non-hydrogen) atoms. The summed E-state index contributed by atoms with van der Waals surface area (Å²) in [6.07, 6.45) is 0.278. The highest BCUT2D eigenvalue weighted by molar-refractivity contribution is 9.10. The fourth-order valence-electron chi connectivity index (χ4n) is 2.01. The second-order valence-electron chi connectivity index (χ2n) is 5.12. The highest BCUT2D eigenvalue weighted by atomic mass is 79.9. The van der Waals surface area contributed by atoms with Gasteiger partial charge in [-0.25, -0.2) is 4.39 Å². The lowest BCUT2D eigenvalue weighted by molar-refractivity contribution is 0.0992. The first-order valence-corrected chi connectivity index (χ1v) is 7.33. The lowest BCUT2D eigenvalue weighted by atomic mass is 9.98. The van der Waals surface area contributed by atoms with Gasteiger partial charge >= 0.3 is 0 Å². The Morgan fingerprint density at radius 2 is 1.80 bits per heavy atom. The van der Waals surface area contributed by atoms with E-state index >= 15 is 0 Å². The van der Waals surface area contributed by atoms with E-state index in [1.54, 1.807) is 6.07 Å². The van der Waals surface area contributed by atoms with Crippen LogP contribution in [-0.2, 0) is 6.42 Å². The normalized spacial score (nSPS) is 10.8. The molecule has 0 heterocycles. The fourth-order valence-corrected chi connectivity index (χ4v) is 2.48. The molecule has 0 saturated carbocycles. The van der Waals surface area contributed by atoms with Gasteiger partial charge in [-0.1, -0.05) is 54.0 Å². The first-order chi connectivity index (χ1) is 9.47. The van der Waals surface area contributed by atoms with Gasteiger partial charge in [0.05, 0.1) is 0 Å². The Morgan fingerprint density at radius 1 is 1.15 bits per heavy atom. The quantitative estimate of drug-likeness (QED) is 0.707. The molecule has 0 aliphatic carbocycles. The van der Waals surface area contributed by atoms with Crippen molar-refractivity contribution < 1.29 is 9.18 Å². The Bertz CT molecular complexity index is 617. The fraction of sp³-hybridized carbons (Fsp3) is 0.235. The molecule has 0 amide bonds. The minimum absolute atomic E-state index is 0.0892. The molecule has 0 atom stereocenters. The topological polar surface area (TPSA) is 17.1 Å². The molecule has 0 unspecified atom stereocenters. The van der Waals surface area contributed by atoms with Crippen molar-refractivity contribution >= 4 is 21.7 Å². The maximum atomic E-state index is 13.2. The van der Waals surface area contributed by atoms with Crippen molar-refractivity contribution in [2.75, 3.05) is 0 Å². The lowest BCUT2D eigenvalue weighted by Crippen LogP contribution is -2.05. The molecule has 0 aliphatic heterocycles. The Morgan fingerprint density at radius 3 is 2.40 bits per heavy atom. The summed E-state index contributed by atoms with van der Waals surface area (Å²) in [7, 11) is 0. The van der Waals surface area contributed by atoms with Gasteiger partial charge in [0.25, 0.3) is 0 Å². The molecule has 2 rings (SSSR count). The highest BCUT2D eigenvalue weighted by Gasteiger charge is 2.12. The highest BCUT2D eigenvalue weighted by Crippen LogP contribution is 2.21. The van der Waals surface area contributed by atoms with E-state index in [0.717, 1.165) is 5.56 Å². The first-order valence-electron chi connectivity index (χ1n) is 6.54. The van der Waals surface area contributed by atoms with Crippen LogP contribution in [0.15, 0.2) is 46.9 Å². The van der Waals surface area contributed by atoms with Gasteiger partial charge in [0.15, 0.2) is 5.78 Å². The molecule has 3 heteroatoms. The van der Waals surface area contributed by atoms with Gasteiger partial charge in [0, 0.05) is 16.5 Å².